The van der Waals surface area contributed by atoms with Crippen molar-refractivity contribution < 1.29 is 18.0 Å². The minimum absolute atomic E-state index is 0.149. The highest BCUT2D eigenvalue weighted by molar-refractivity contribution is 7.92. The van der Waals surface area contributed by atoms with Crippen molar-refractivity contribution in [1.29, 1.82) is 0 Å². The molecule has 1 saturated heterocycles. The van der Waals surface area contributed by atoms with E-state index in [1.165, 1.54) is 0 Å². The summed E-state index contributed by atoms with van der Waals surface area (Å²) in [5, 5.41) is 2.84. The van der Waals surface area contributed by atoms with Crippen LogP contribution in [0.4, 0.5) is 5.69 Å². The van der Waals surface area contributed by atoms with Gasteiger partial charge < -0.3 is 10.2 Å². The summed E-state index contributed by atoms with van der Waals surface area (Å²) in [4.78, 5) is 26.5. The Bertz CT molecular complexity index is 1060. The predicted molar refractivity (Wildman–Crippen MR) is 121 cm³/mol. The largest absolute Gasteiger partial charge is 0.350 e. The van der Waals surface area contributed by atoms with E-state index in [4.69, 9.17) is 0 Å². The number of rotatable bonds is 8. The van der Waals surface area contributed by atoms with E-state index in [-0.39, 0.29) is 24.9 Å². The number of nitrogens with zero attached hydrogens (tertiary/aromatic N) is 2. The molecule has 0 aliphatic carbocycles. The molecule has 0 aromatic heterocycles. The molecule has 2 aromatic carbocycles. The molecule has 7 nitrogen and oxygen atoms in total. The summed E-state index contributed by atoms with van der Waals surface area (Å²) in [7, 11) is -3.64. The van der Waals surface area contributed by atoms with Gasteiger partial charge in [0.15, 0.2) is 0 Å². The number of benzene rings is 2. The van der Waals surface area contributed by atoms with Gasteiger partial charge >= 0.3 is 0 Å². The molecule has 0 radical (unpaired) electrons. The minimum Gasteiger partial charge on any atom is -0.350 e. The molecule has 1 heterocycles. The quantitative estimate of drug-likeness (QED) is 0.679. The molecule has 2 amide bonds. The summed E-state index contributed by atoms with van der Waals surface area (Å²) < 4.78 is 26.0. The lowest BCUT2D eigenvalue weighted by molar-refractivity contribution is -0.128. The van der Waals surface area contributed by atoms with Gasteiger partial charge in [-0.15, -0.1) is 0 Å². The van der Waals surface area contributed by atoms with Crippen molar-refractivity contribution in [2.75, 3.05) is 23.7 Å². The minimum atomic E-state index is -3.64. The van der Waals surface area contributed by atoms with E-state index in [0.717, 1.165) is 45.8 Å². The van der Waals surface area contributed by atoms with Crippen molar-refractivity contribution in [2.45, 2.75) is 39.8 Å². The average molecular weight is 444 g/mol. The molecule has 166 valence electrons. The summed E-state index contributed by atoms with van der Waals surface area (Å²) in [6.07, 6.45) is 2.56. The zero-order chi connectivity index (χ0) is 22.6. The van der Waals surface area contributed by atoms with Crippen LogP contribution in [0.25, 0.3) is 0 Å². The van der Waals surface area contributed by atoms with E-state index in [9.17, 15) is 18.0 Å². The Balaban J connectivity index is 1.71. The van der Waals surface area contributed by atoms with E-state index in [0.29, 0.717) is 18.7 Å². The van der Waals surface area contributed by atoms with Crippen LogP contribution in [0.5, 0.6) is 0 Å². The lowest BCUT2D eigenvalue weighted by Gasteiger charge is -2.25. The molecule has 0 saturated carbocycles. The molecule has 1 aliphatic rings. The second kappa shape index (κ2) is 9.51. The van der Waals surface area contributed by atoms with Gasteiger partial charge in [0.1, 0.15) is 6.54 Å². The Kier molecular flexibility index (Phi) is 7.00. The van der Waals surface area contributed by atoms with Crippen LogP contribution in [-0.4, -0.2) is 44.5 Å². The number of hydrogen-bond donors (Lipinski definition) is 1. The number of carbonyl (C=O) groups is 2. The lowest BCUT2D eigenvalue weighted by atomic mass is 10.1. The number of carbonyl (C=O) groups excluding carboxylic acids is 2. The van der Waals surface area contributed by atoms with Gasteiger partial charge in [-0.25, -0.2) is 8.42 Å². The van der Waals surface area contributed by atoms with Crippen molar-refractivity contribution in [3.63, 3.8) is 0 Å². The van der Waals surface area contributed by atoms with E-state index in [1.54, 1.807) is 0 Å². The third-order valence-corrected chi connectivity index (χ3v) is 6.62. The molecular weight excluding hydrogens is 414 g/mol. The number of nitrogens with one attached hydrogen (secondary N) is 1. The fraction of sp³-hybridized carbons (Fsp3) is 0.391. The molecule has 1 fully saturated rings. The Morgan fingerprint density at radius 3 is 2.29 bits per heavy atom. The van der Waals surface area contributed by atoms with Gasteiger partial charge in [-0.05, 0) is 42.5 Å². The molecule has 3 rings (SSSR count). The van der Waals surface area contributed by atoms with Gasteiger partial charge in [-0.2, -0.15) is 0 Å². The Hall–Kier alpha value is -2.87. The SMILES string of the molecule is Cc1cccc(C)c1N(CC(=O)NCc1ccccc1CN1CCCC1=O)S(C)(=O)=O. The zero-order valence-electron chi connectivity index (χ0n) is 18.2. The molecule has 0 spiro atoms. The Labute approximate surface area is 184 Å². The van der Waals surface area contributed by atoms with Crippen molar-refractivity contribution in [1.82, 2.24) is 10.2 Å². The first-order chi connectivity index (χ1) is 14.7. The van der Waals surface area contributed by atoms with Crippen LogP contribution in [0.15, 0.2) is 42.5 Å². The molecular formula is C23H29N3O4S. The molecule has 0 bridgehead atoms. The number of anilines is 1. The fourth-order valence-corrected chi connectivity index (χ4v) is 4.87. The molecule has 0 atom stereocenters. The van der Waals surface area contributed by atoms with Gasteiger partial charge in [0, 0.05) is 26.1 Å². The number of likely N-dealkylation sites (tertiary alicyclic amines) is 1. The number of aryl methyl sites for hydroxylation is 2. The monoisotopic (exact) mass is 443 g/mol. The summed E-state index contributed by atoms with van der Waals surface area (Å²) >= 11 is 0. The average Bonchev–Trinajstić information content (AvgIpc) is 3.10. The topological polar surface area (TPSA) is 86.8 Å². The molecule has 1 N–H and O–H groups in total. The van der Waals surface area contributed by atoms with Crippen molar-refractivity contribution in [3.05, 3.63) is 64.7 Å². The smallest absolute Gasteiger partial charge is 0.241 e. The summed E-state index contributed by atoms with van der Waals surface area (Å²) in [5.74, 6) is -0.239. The van der Waals surface area contributed by atoms with Crippen molar-refractivity contribution in [2.24, 2.45) is 0 Å². The maximum Gasteiger partial charge on any atom is 0.241 e. The highest BCUT2D eigenvalue weighted by Gasteiger charge is 2.24. The molecule has 31 heavy (non-hydrogen) atoms. The normalized spacial score (nSPS) is 14.0. The van der Waals surface area contributed by atoms with Crippen molar-refractivity contribution in [3.8, 4) is 0 Å². The number of sulfonamides is 1. The second-order valence-electron chi connectivity index (χ2n) is 7.97. The third kappa shape index (κ3) is 5.64. The molecule has 1 aliphatic heterocycles. The fourth-order valence-electron chi connectivity index (χ4n) is 3.90. The molecule has 8 heteroatoms. The van der Waals surface area contributed by atoms with Gasteiger partial charge in [-0.3, -0.25) is 13.9 Å². The maximum atomic E-state index is 12.7. The van der Waals surface area contributed by atoms with Crippen LogP contribution in [0.3, 0.4) is 0 Å². The van der Waals surface area contributed by atoms with Gasteiger partial charge in [0.05, 0.1) is 11.9 Å². The van der Waals surface area contributed by atoms with E-state index in [2.05, 4.69) is 5.32 Å². The summed E-state index contributed by atoms with van der Waals surface area (Å²) in [5.41, 5.74) is 4.01. The van der Waals surface area contributed by atoms with E-state index >= 15 is 0 Å². The second-order valence-corrected chi connectivity index (χ2v) is 9.88. The third-order valence-electron chi connectivity index (χ3n) is 5.50. The first-order valence-corrected chi connectivity index (χ1v) is 12.2. The Morgan fingerprint density at radius 1 is 1.06 bits per heavy atom. The van der Waals surface area contributed by atoms with Crippen LogP contribution in [0, 0.1) is 13.8 Å². The van der Waals surface area contributed by atoms with Crippen LogP contribution < -0.4 is 9.62 Å². The molecule has 2 aromatic rings. The van der Waals surface area contributed by atoms with Crippen LogP contribution in [0.2, 0.25) is 0 Å². The van der Waals surface area contributed by atoms with Crippen LogP contribution >= 0.6 is 0 Å². The summed E-state index contributed by atoms with van der Waals surface area (Å²) in [6, 6.07) is 13.2. The van der Waals surface area contributed by atoms with E-state index in [1.807, 2.05) is 61.2 Å². The van der Waals surface area contributed by atoms with Crippen LogP contribution in [0.1, 0.15) is 35.1 Å². The predicted octanol–water partition coefficient (Wildman–Crippen LogP) is 2.51. The highest BCUT2D eigenvalue weighted by atomic mass is 32.2. The highest BCUT2D eigenvalue weighted by Crippen LogP contribution is 2.26. The van der Waals surface area contributed by atoms with Gasteiger partial charge in [-0.1, -0.05) is 42.5 Å². The molecule has 0 unspecified atom stereocenters. The summed E-state index contributed by atoms with van der Waals surface area (Å²) in [6.45, 7) is 4.89. The standard InChI is InChI=1S/C23H29N3O4S/c1-17-8-6-9-18(2)23(17)26(31(3,29)30)16-21(27)24-14-19-10-4-5-11-20(19)15-25-13-7-12-22(25)28/h4-6,8-11H,7,12-16H2,1-3H3,(H,24,27). The van der Waals surface area contributed by atoms with Gasteiger partial charge in [0.2, 0.25) is 21.8 Å². The first-order valence-electron chi connectivity index (χ1n) is 10.3. The zero-order valence-corrected chi connectivity index (χ0v) is 19.0. The number of hydrogen-bond acceptors (Lipinski definition) is 4. The lowest BCUT2D eigenvalue weighted by Crippen LogP contribution is -2.41. The maximum absolute atomic E-state index is 12.7. The van der Waals surface area contributed by atoms with Gasteiger partial charge in [0.25, 0.3) is 0 Å². The number of para-hydroxylation sites is 1. The number of amides is 2. The van der Waals surface area contributed by atoms with E-state index < -0.39 is 10.0 Å². The Morgan fingerprint density at radius 2 is 1.71 bits per heavy atom. The van der Waals surface area contributed by atoms with Crippen molar-refractivity contribution >= 4 is 27.5 Å². The van der Waals surface area contributed by atoms with Crippen LogP contribution in [-0.2, 0) is 32.7 Å². The first kappa shape index (κ1) is 22.8.